The minimum atomic E-state index is -0.935. The Morgan fingerprint density at radius 3 is 2.32 bits per heavy atom. The van der Waals surface area contributed by atoms with Crippen molar-refractivity contribution in [1.29, 1.82) is 0 Å². The van der Waals surface area contributed by atoms with Crippen LogP contribution in [0.1, 0.15) is 59.2 Å². The summed E-state index contributed by atoms with van der Waals surface area (Å²) < 4.78 is 0. The van der Waals surface area contributed by atoms with Crippen molar-refractivity contribution in [2.45, 2.75) is 70.2 Å². The van der Waals surface area contributed by atoms with E-state index in [1.807, 2.05) is 30.3 Å². The number of nitrogens with zero attached hydrogens (tertiary/aromatic N) is 2. The van der Waals surface area contributed by atoms with Crippen LogP contribution in [0.3, 0.4) is 0 Å². The summed E-state index contributed by atoms with van der Waals surface area (Å²) in [6, 6.07) is 17.9. The molecular weight excluding hydrogens is 639 g/mol. The van der Waals surface area contributed by atoms with E-state index in [0.29, 0.717) is 65.8 Å². The Labute approximate surface area is 285 Å². The lowest BCUT2D eigenvalue weighted by Gasteiger charge is -2.37. The average Bonchev–Trinajstić information content (AvgIpc) is 3.09. The summed E-state index contributed by atoms with van der Waals surface area (Å²) in [5.41, 5.74) is 3.43. The van der Waals surface area contributed by atoms with Crippen LogP contribution in [0.15, 0.2) is 66.7 Å². The first-order valence-corrected chi connectivity index (χ1v) is 16.8. The molecule has 0 saturated carbocycles. The maximum absolute atomic E-state index is 14.1. The molecule has 2 aliphatic rings. The van der Waals surface area contributed by atoms with Gasteiger partial charge in [0.25, 0.3) is 0 Å². The molecular formula is C36H40Cl2N4O5. The highest BCUT2D eigenvalue weighted by Gasteiger charge is 2.36. The smallest absolute Gasteiger partial charge is 0.247 e. The zero-order chi connectivity index (χ0) is 33.5. The molecule has 0 spiro atoms. The summed E-state index contributed by atoms with van der Waals surface area (Å²) >= 11 is 12.7. The second kappa shape index (κ2) is 15.9. The van der Waals surface area contributed by atoms with Gasteiger partial charge in [-0.2, -0.15) is 0 Å². The summed E-state index contributed by atoms with van der Waals surface area (Å²) in [7, 11) is 0. The third kappa shape index (κ3) is 8.78. The van der Waals surface area contributed by atoms with Gasteiger partial charge in [0.2, 0.25) is 17.7 Å². The lowest BCUT2D eigenvalue weighted by atomic mass is 9.92. The quantitative estimate of drug-likeness (QED) is 0.240. The van der Waals surface area contributed by atoms with Crippen molar-refractivity contribution in [2.24, 2.45) is 0 Å². The Balaban J connectivity index is 1.34. The molecule has 3 aromatic carbocycles. The molecule has 2 heterocycles. The molecule has 248 valence electrons. The molecule has 0 aliphatic carbocycles. The van der Waals surface area contributed by atoms with E-state index in [4.69, 9.17) is 23.2 Å². The fourth-order valence-electron chi connectivity index (χ4n) is 6.12. The average molecular weight is 680 g/mol. The fraction of sp³-hybridized carbons (Fsp3) is 0.389. The van der Waals surface area contributed by atoms with E-state index in [2.05, 4.69) is 15.5 Å². The first kappa shape index (κ1) is 34.6. The van der Waals surface area contributed by atoms with Crippen LogP contribution in [-0.2, 0) is 27.3 Å². The molecule has 9 nitrogen and oxygen atoms in total. The number of halogens is 2. The highest BCUT2D eigenvalue weighted by molar-refractivity contribution is 6.38. The number of fused-ring (bicyclic) bond motifs is 1. The molecule has 3 aromatic rings. The van der Waals surface area contributed by atoms with Gasteiger partial charge in [-0.1, -0.05) is 77.8 Å². The number of aliphatic hydroxyl groups is 1. The standard InChI is InChI=1S/C36H40Cl2N4O5/c1-23-28(37)11-12-29(34(23)38)39-35(46)30(17-20-41-18-15-27(43)16-19-41)40-36(47)31-21-25-9-5-6-10-26(25)22-42(31)33(45)14-13-32(44)24-7-3-2-4-8-24/h2-12,27,30-31,43H,13-22H2,1H3,(H,39,46)(H,40,47)/t30?,31-/m0/s1. The summed E-state index contributed by atoms with van der Waals surface area (Å²) in [4.78, 5) is 57.9. The van der Waals surface area contributed by atoms with Crippen LogP contribution in [-0.4, -0.2) is 76.2 Å². The largest absolute Gasteiger partial charge is 0.393 e. The number of carbonyl (C=O) groups is 4. The van der Waals surface area contributed by atoms with Crippen molar-refractivity contribution in [3.8, 4) is 0 Å². The van der Waals surface area contributed by atoms with E-state index in [9.17, 15) is 24.3 Å². The SMILES string of the molecule is Cc1c(Cl)ccc(NC(=O)C(CCN2CCC(O)CC2)NC(=O)[C@@H]2Cc3ccccc3CN2C(=O)CCC(=O)c2ccccc2)c1Cl. The molecule has 3 amide bonds. The number of amides is 3. The molecule has 47 heavy (non-hydrogen) atoms. The molecule has 0 aromatic heterocycles. The van der Waals surface area contributed by atoms with E-state index in [1.54, 1.807) is 43.3 Å². The Morgan fingerprint density at radius 2 is 1.60 bits per heavy atom. The third-order valence-corrected chi connectivity index (χ3v) is 9.93. The summed E-state index contributed by atoms with van der Waals surface area (Å²) in [6.45, 7) is 3.88. The number of hydrogen-bond acceptors (Lipinski definition) is 6. The zero-order valence-electron chi connectivity index (χ0n) is 26.4. The van der Waals surface area contributed by atoms with Gasteiger partial charge in [0, 0.05) is 56.0 Å². The van der Waals surface area contributed by atoms with Gasteiger partial charge >= 0.3 is 0 Å². The van der Waals surface area contributed by atoms with Crippen molar-refractivity contribution in [2.75, 3.05) is 25.0 Å². The van der Waals surface area contributed by atoms with E-state index in [0.717, 1.165) is 11.1 Å². The Hall–Kier alpha value is -3.76. The number of ketones is 1. The second-order valence-electron chi connectivity index (χ2n) is 12.2. The van der Waals surface area contributed by atoms with Gasteiger partial charge < -0.3 is 25.5 Å². The lowest BCUT2D eigenvalue weighted by molar-refractivity contribution is -0.142. The van der Waals surface area contributed by atoms with Gasteiger partial charge in [-0.3, -0.25) is 19.2 Å². The number of aliphatic hydroxyl groups excluding tert-OH is 1. The highest BCUT2D eigenvalue weighted by atomic mass is 35.5. The summed E-state index contributed by atoms with van der Waals surface area (Å²) in [5.74, 6) is -1.34. The number of anilines is 1. The van der Waals surface area contributed by atoms with E-state index in [-0.39, 0.29) is 43.6 Å². The summed E-state index contributed by atoms with van der Waals surface area (Å²) in [6.07, 6.45) is 1.52. The van der Waals surface area contributed by atoms with Gasteiger partial charge in [0.1, 0.15) is 12.1 Å². The second-order valence-corrected chi connectivity index (χ2v) is 13.0. The number of carbonyl (C=O) groups excluding carboxylic acids is 4. The van der Waals surface area contributed by atoms with Crippen molar-refractivity contribution < 1.29 is 24.3 Å². The molecule has 0 radical (unpaired) electrons. The number of nitrogens with one attached hydrogen (secondary N) is 2. The van der Waals surface area contributed by atoms with Gasteiger partial charge in [-0.25, -0.2) is 0 Å². The number of likely N-dealkylation sites (tertiary alicyclic amines) is 1. The monoisotopic (exact) mass is 678 g/mol. The fourth-order valence-corrected chi connectivity index (χ4v) is 6.54. The topological polar surface area (TPSA) is 119 Å². The number of benzene rings is 3. The minimum absolute atomic E-state index is 0.0200. The Bertz CT molecular complexity index is 1610. The number of piperidine rings is 1. The van der Waals surface area contributed by atoms with Gasteiger partial charge in [0.05, 0.1) is 16.8 Å². The molecule has 0 bridgehead atoms. The van der Waals surface area contributed by atoms with Crippen molar-refractivity contribution in [1.82, 2.24) is 15.1 Å². The summed E-state index contributed by atoms with van der Waals surface area (Å²) in [5, 5.41) is 16.5. The van der Waals surface area contributed by atoms with Crippen molar-refractivity contribution >= 4 is 52.4 Å². The maximum Gasteiger partial charge on any atom is 0.247 e. The Morgan fingerprint density at radius 1 is 0.915 bits per heavy atom. The molecule has 5 rings (SSSR count). The number of hydrogen-bond donors (Lipinski definition) is 3. The lowest BCUT2D eigenvalue weighted by Crippen LogP contribution is -2.56. The normalized spacial score (nSPS) is 17.4. The van der Waals surface area contributed by atoms with E-state index < -0.39 is 23.9 Å². The molecule has 1 saturated heterocycles. The van der Waals surface area contributed by atoms with Gasteiger partial charge in [-0.05, 0) is 55.0 Å². The van der Waals surface area contributed by atoms with Crippen LogP contribution in [0.5, 0.6) is 0 Å². The molecule has 3 N–H and O–H groups in total. The van der Waals surface area contributed by atoms with Crippen molar-refractivity contribution in [3.05, 3.63) is 99.0 Å². The van der Waals surface area contributed by atoms with Gasteiger partial charge in [0.15, 0.2) is 5.78 Å². The number of rotatable bonds is 11. The Kier molecular flexibility index (Phi) is 11.7. The predicted molar refractivity (Wildman–Crippen MR) is 183 cm³/mol. The van der Waals surface area contributed by atoms with E-state index >= 15 is 0 Å². The van der Waals surface area contributed by atoms with Crippen LogP contribution in [0.4, 0.5) is 5.69 Å². The molecule has 1 unspecified atom stereocenters. The van der Waals surface area contributed by atoms with Crippen LogP contribution in [0.2, 0.25) is 10.0 Å². The predicted octanol–water partition coefficient (Wildman–Crippen LogP) is 5.19. The molecule has 11 heteroatoms. The maximum atomic E-state index is 14.1. The van der Waals surface area contributed by atoms with Crippen LogP contribution < -0.4 is 10.6 Å². The van der Waals surface area contributed by atoms with Crippen LogP contribution in [0.25, 0.3) is 0 Å². The van der Waals surface area contributed by atoms with Crippen LogP contribution in [0, 0.1) is 6.92 Å². The first-order valence-electron chi connectivity index (χ1n) is 16.0. The number of Topliss-reactive ketones (excluding diaryl/α,β-unsaturated/α-hetero) is 1. The highest BCUT2D eigenvalue weighted by Crippen LogP contribution is 2.31. The zero-order valence-corrected chi connectivity index (χ0v) is 27.9. The third-order valence-electron chi connectivity index (χ3n) is 9.04. The van der Waals surface area contributed by atoms with E-state index in [1.165, 1.54) is 4.90 Å². The van der Waals surface area contributed by atoms with Gasteiger partial charge in [-0.15, -0.1) is 0 Å². The minimum Gasteiger partial charge on any atom is -0.393 e. The molecule has 2 aliphatic heterocycles. The molecule has 2 atom stereocenters. The van der Waals surface area contributed by atoms with Crippen LogP contribution >= 0.6 is 23.2 Å². The molecule has 1 fully saturated rings. The first-order chi connectivity index (χ1) is 22.6. The van der Waals surface area contributed by atoms with Crippen molar-refractivity contribution in [3.63, 3.8) is 0 Å².